The molecule has 1 N–H and O–H groups in total. The predicted molar refractivity (Wildman–Crippen MR) is 110 cm³/mol. The van der Waals surface area contributed by atoms with Gasteiger partial charge in [0.2, 0.25) is 5.91 Å². The quantitative estimate of drug-likeness (QED) is 0.674. The van der Waals surface area contributed by atoms with Crippen molar-refractivity contribution in [3.63, 3.8) is 0 Å². The summed E-state index contributed by atoms with van der Waals surface area (Å²) in [6.07, 6.45) is 0.354. The first kappa shape index (κ1) is 19.5. The number of carbonyl (C=O) groups excluding carboxylic acids is 1. The molecule has 3 aromatic rings. The van der Waals surface area contributed by atoms with Crippen molar-refractivity contribution in [3.05, 3.63) is 59.7 Å². The molecule has 0 saturated carbocycles. The molecule has 154 valence electrons. The van der Waals surface area contributed by atoms with E-state index in [-0.39, 0.29) is 11.5 Å². The summed E-state index contributed by atoms with van der Waals surface area (Å²) in [6, 6.07) is 14.0. The summed E-state index contributed by atoms with van der Waals surface area (Å²) in [4.78, 5) is 25.3. The number of aryl methyl sites for hydroxylation is 1. The van der Waals surface area contributed by atoms with Crippen LogP contribution in [0.1, 0.15) is 22.3 Å². The maximum atomic E-state index is 12.6. The van der Waals surface area contributed by atoms with Crippen LogP contribution in [0.5, 0.6) is 11.5 Å². The third kappa shape index (κ3) is 3.59. The van der Waals surface area contributed by atoms with E-state index in [1.54, 1.807) is 43.4 Å². The zero-order chi connectivity index (χ0) is 21.3. The number of methoxy groups -OCH3 is 2. The highest BCUT2D eigenvalue weighted by molar-refractivity contribution is 5.94. The fourth-order valence-electron chi connectivity index (χ4n) is 3.49. The molecule has 0 fully saturated rings. The molecule has 4 rings (SSSR count). The van der Waals surface area contributed by atoms with E-state index < -0.39 is 5.97 Å². The monoisotopic (exact) mass is 407 g/mol. The van der Waals surface area contributed by atoms with E-state index in [2.05, 4.69) is 5.10 Å². The lowest BCUT2D eigenvalue weighted by Gasteiger charge is -2.27. The predicted octanol–water partition coefficient (Wildman–Crippen LogP) is 3.20. The molecule has 0 aliphatic carbocycles. The molecular weight excluding hydrogens is 386 g/mol. The lowest BCUT2D eigenvalue weighted by atomic mass is 10.1. The van der Waals surface area contributed by atoms with Crippen molar-refractivity contribution >= 4 is 17.7 Å². The molecule has 0 unspecified atom stereocenters. The van der Waals surface area contributed by atoms with E-state index >= 15 is 0 Å². The first-order valence-electron chi connectivity index (χ1n) is 9.43. The van der Waals surface area contributed by atoms with Crippen molar-refractivity contribution < 1.29 is 24.2 Å². The Hall–Kier alpha value is -3.81. The summed E-state index contributed by atoms with van der Waals surface area (Å²) in [5.74, 6) is 0.967. The van der Waals surface area contributed by atoms with Gasteiger partial charge in [-0.05, 0) is 35.9 Å². The Morgan fingerprint density at radius 1 is 1.07 bits per heavy atom. The third-order valence-electron chi connectivity index (χ3n) is 5.09. The van der Waals surface area contributed by atoms with Gasteiger partial charge in [0.15, 0.2) is 11.5 Å². The van der Waals surface area contributed by atoms with E-state index in [0.717, 1.165) is 16.8 Å². The van der Waals surface area contributed by atoms with Crippen LogP contribution >= 0.6 is 0 Å². The number of hydrogen-bond acceptors (Lipinski definition) is 5. The minimum Gasteiger partial charge on any atom is -0.493 e. The van der Waals surface area contributed by atoms with Crippen LogP contribution in [0.2, 0.25) is 0 Å². The summed E-state index contributed by atoms with van der Waals surface area (Å²) in [5.41, 5.74) is 2.64. The Kier molecular flexibility index (Phi) is 5.14. The number of fused-ring (bicyclic) bond motifs is 1. The van der Waals surface area contributed by atoms with Gasteiger partial charge in [-0.15, -0.1) is 0 Å². The van der Waals surface area contributed by atoms with Crippen LogP contribution < -0.4 is 14.4 Å². The minimum atomic E-state index is -0.978. The second kappa shape index (κ2) is 7.90. The lowest BCUT2D eigenvalue weighted by molar-refractivity contribution is -0.119. The van der Waals surface area contributed by atoms with E-state index in [9.17, 15) is 9.59 Å². The van der Waals surface area contributed by atoms with Crippen molar-refractivity contribution in [1.82, 2.24) is 9.78 Å². The molecule has 30 heavy (non-hydrogen) atoms. The van der Waals surface area contributed by atoms with Crippen molar-refractivity contribution in [2.24, 2.45) is 0 Å². The molecule has 1 aromatic heterocycles. The number of nitrogens with zero attached hydrogens (tertiary/aromatic N) is 3. The van der Waals surface area contributed by atoms with Gasteiger partial charge in [0, 0.05) is 18.1 Å². The SMILES string of the molecule is COc1ccc(-c2cc3n(n2)CCC(=O)N3Cc2ccc(C(=O)O)cc2)cc1OC. The smallest absolute Gasteiger partial charge is 0.335 e. The highest BCUT2D eigenvalue weighted by atomic mass is 16.5. The van der Waals surface area contributed by atoms with E-state index in [0.29, 0.717) is 36.8 Å². The molecule has 1 aliphatic rings. The Balaban J connectivity index is 1.65. The van der Waals surface area contributed by atoms with Crippen LogP contribution in [-0.2, 0) is 17.9 Å². The number of anilines is 1. The number of carbonyl (C=O) groups is 2. The molecule has 2 aromatic carbocycles. The first-order valence-corrected chi connectivity index (χ1v) is 9.43. The average molecular weight is 407 g/mol. The Labute approximate surface area is 173 Å². The number of aromatic nitrogens is 2. The van der Waals surface area contributed by atoms with Crippen LogP contribution in [-0.4, -0.2) is 41.0 Å². The molecule has 0 radical (unpaired) electrons. The fourth-order valence-corrected chi connectivity index (χ4v) is 3.49. The first-order chi connectivity index (χ1) is 14.5. The molecule has 1 aliphatic heterocycles. The summed E-state index contributed by atoms with van der Waals surface area (Å²) in [5, 5.41) is 13.7. The molecule has 0 bridgehead atoms. The van der Waals surface area contributed by atoms with Crippen LogP contribution in [0.4, 0.5) is 5.82 Å². The van der Waals surface area contributed by atoms with Crippen molar-refractivity contribution in [2.45, 2.75) is 19.5 Å². The molecule has 8 heteroatoms. The summed E-state index contributed by atoms with van der Waals surface area (Å²) < 4.78 is 12.5. The molecule has 2 heterocycles. The van der Waals surface area contributed by atoms with Crippen molar-refractivity contribution in [3.8, 4) is 22.8 Å². The van der Waals surface area contributed by atoms with Gasteiger partial charge in [0.05, 0.1) is 38.6 Å². The van der Waals surface area contributed by atoms with Gasteiger partial charge >= 0.3 is 5.97 Å². The maximum absolute atomic E-state index is 12.6. The van der Waals surface area contributed by atoms with Crippen LogP contribution in [0, 0.1) is 0 Å². The van der Waals surface area contributed by atoms with Gasteiger partial charge in [-0.25, -0.2) is 9.48 Å². The van der Waals surface area contributed by atoms with Gasteiger partial charge in [0.25, 0.3) is 0 Å². The number of rotatable bonds is 6. The molecular formula is C22H21N3O5. The largest absolute Gasteiger partial charge is 0.493 e. The zero-order valence-electron chi connectivity index (χ0n) is 16.7. The van der Waals surface area contributed by atoms with E-state index in [1.165, 1.54) is 0 Å². The number of ether oxygens (including phenoxy) is 2. The molecule has 0 atom stereocenters. The number of amides is 1. The number of carboxylic acid groups (broad SMARTS) is 1. The number of benzene rings is 2. The van der Waals surface area contributed by atoms with Crippen LogP contribution in [0.25, 0.3) is 11.3 Å². The normalized spacial score (nSPS) is 13.1. The topological polar surface area (TPSA) is 93.9 Å². The molecule has 0 saturated heterocycles. The minimum absolute atomic E-state index is 0.00331. The van der Waals surface area contributed by atoms with E-state index in [1.807, 2.05) is 28.9 Å². The van der Waals surface area contributed by atoms with Crippen LogP contribution in [0.3, 0.4) is 0 Å². The van der Waals surface area contributed by atoms with Gasteiger partial charge in [-0.1, -0.05) is 12.1 Å². The highest BCUT2D eigenvalue weighted by Crippen LogP contribution is 2.34. The summed E-state index contributed by atoms with van der Waals surface area (Å²) in [7, 11) is 3.16. The van der Waals surface area contributed by atoms with Crippen molar-refractivity contribution in [1.29, 1.82) is 0 Å². The summed E-state index contributed by atoms with van der Waals surface area (Å²) in [6.45, 7) is 0.853. The average Bonchev–Trinajstić information content (AvgIpc) is 3.20. The lowest BCUT2D eigenvalue weighted by Crippen LogP contribution is -2.36. The number of hydrogen-bond donors (Lipinski definition) is 1. The van der Waals surface area contributed by atoms with Crippen molar-refractivity contribution in [2.75, 3.05) is 19.1 Å². The molecule has 1 amide bonds. The maximum Gasteiger partial charge on any atom is 0.335 e. The standard InChI is InChI=1S/C22H21N3O5/c1-29-18-8-7-16(11-19(18)30-2)17-12-20-24(21(26)9-10-25(20)23-17)13-14-3-5-15(6-4-14)22(27)28/h3-8,11-12H,9-10,13H2,1-2H3,(H,27,28). The summed E-state index contributed by atoms with van der Waals surface area (Å²) >= 11 is 0. The Morgan fingerprint density at radius 2 is 1.80 bits per heavy atom. The molecule has 0 spiro atoms. The highest BCUT2D eigenvalue weighted by Gasteiger charge is 2.27. The Morgan fingerprint density at radius 3 is 2.47 bits per heavy atom. The van der Waals surface area contributed by atoms with Crippen LogP contribution in [0.15, 0.2) is 48.5 Å². The second-order valence-electron chi connectivity index (χ2n) is 6.91. The zero-order valence-corrected chi connectivity index (χ0v) is 16.7. The molecule has 8 nitrogen and oxygen atoms in total. The van der Waals surface area contributed by atoms with Gasteiger partial charge in [-0.2, -0.15) is 5.10 Å². The van der Waals surface area contributed by atoms with Gasteiger partial charge < -0.3 is 14.6 Å². The number of aromatic carboxylic acids is 1. The van der Waals surface area contributed by atoms with E-state index in [4.69, 9.17) is 14.6 Å². The fraction of sp³-hybridized carbons (Fsp3) is 0.227. The third-order valence-corrected chi connectivity index (χ3v) is 5.09. The van der Waals surface area contributed by atoms with Gasteiger partial charge in [-0.3, -0.25) is 9.69 Å². The second-order valence-corrected chi connectivity index (χ2v) is 6.91. The van der Waals surface area contributed by atoms with Gasteiger partial charge in [0.1, 0.15) is 5.82 Å². The number of carboxylic acids is 1. The Bertz CT molecular complexity index is 1100.